The number of hydrogen-bond donors (Lipinski definition) is 2. The minimum absolute atomic E-state index is 0.0267. The molecule has 3 aromatic rings. The Morgan fingerprint density at radius 1 is 1.03 bits per heavy atom. The number of rotatable bonds is 8. The number of Topliss-reactive ketones (excluding diaryl/α,β-unsaturated/α-hetero) is 1. The Kier molecular flexibility index (Phi) is 6.44. The third kappa shape index (κ3) is 4.90. The molecule has 6 heteroatoms. The fourth-order valence-electron chi connectivity index (χ4n) is 3.21. The number of carbonyl (C=O) groups is 3. The Balaban J connectivity index is 1.50. The zero-order valence-corrected chi connectivity index (χ0v) is 16.6. The van der Waals surface area contributed by atoms with Crippen LogP contribution in [0.3, 0.4) is 0 Å². The number of fused-ring (bicyclic) bond motifs is 1. The molecule has 0 fully saturated rings. The molecule has 0 saturated carbocycles. The fourth-order valence-corrected chi connectivity index (χ4v) is 3.21. The molecule has 3 rings (SSSR count). The maximum Gasteiger partial charge on any atom is 0.290 e. The smallest absolute Gasteiger partial charge is 0.290 e. The Hall–Kier alpha value is -3.41. The lowest BCUT2D eigenvalue weighted by molar-refractivity contribution is -0.146. The summed E-state index contributed by atoms with van der Waals surface area (Å²) in [6.07, 6.45) is 2.64. The van der Waals surface area contributed by atoms with Gasteiger partial charge >= 0.3 is 0 Å². The van der Waals surface area contributed by atoms with E-state index in [1.807, 2.05) is 48.7 Å². The van der Waals surface area contributed by atoms with Gasteiger partial charge in [0.2, 0.25) is 11.7 Å². The van der Waals surface area contributed by atoms with Crippen LogP contribution < -0.4 is 5.32 Å². The normalized spacial score (nSPS) is 11.8. The third-order valence-electron chi connectivity index (χ3n) is 5.10. The molecule has 0 aliphatic heterocycles. The highest BCUT2D eigenvalue weighted by molar-refractivity contribution is 6.36. The predicted molar refractivity (Wildman–Crippen MR) is 112 cm³/mol. The summed E-state index contributed by atoms with van der Waals surface area (Å²) in [4.78, 5) is 41.5. The van der Waals surface area contributed by atoms with Gasteiger partial charge in [-0.15, -0.1) is 0 Å². The monoisotopic (exact) mass is 391 g/mol. The summed E-state index contributed by atoms with van der Waals surface area (Å²) in [6, 6.07) is 16.4. The van der Waals surface area contributed by atoms with Crippen molar-refractivity contribution in [3.63, 3.8) is 0 Å². The second-order valence-corrected chi connectivity index (χ2v) is 7.08. The summed E-state index contributed by atoms with van der Waals surface area (Å²) in [5.74, 6) is -1.47. The number of amides is 2. The van der Waals surface area contributed by atoms with Gasteiger partial charge in [-0.25, -0.2) is 0 Å². The number of H-pyrrole nitrogens is 1. The molecular formula is C23H25N3O3. The molecule has 0 aliphatic rings. The minimum atomic E-state index is -0.731. The molecular weight excluding hydrogens is 366 g/mol. The molecule has 2 amide bonds. The summed E-state index contributed by atoms with van der Waals surface area (Å²) in [5.41, 5.74) is 2.95. The zero-order valence-electron chi connectivity index (χ0n) is 16.6. The van der Waals surface area contributed by atoms with Crippen molar-refractivity contribution < 1.29 is 14.4 Å². The lowest BCUT2D eigenvalue weighted by Gasteiger charge is -2.23. The molecule has 0 aliphatic carbocycles. The van der Waals surface area contributed by atoms with E-state index in [0.29, 0.717) is 13.0 Å². The molecule has 1 atom stereocenters. The van der Waals surface area contributed by atoms with Crippen LogP contribution in [0.15, 0.2) is 60.8 Å². The second-order valence-electron chi connectivity index (χ2n) is 7.08. The lowest BCUT2D eigenvalue weighted by atomic mass is 10.1. The number of aromatic amines is 1. The minimum Gasteiger partial charge on any atom is -0.361 e. The van der Waals surface area contributed by atoms with Crippen LogP contribution in [0.2, 0.25) is 0 Å². The Morgan fingerprint density at radius 2 is 1.72 bits per heavy atom. The molecule has 0 saturated heterocycles. The van der Waals surface area contributed by atoms with Gasteiger partial charge in [-0.2, -0.15) is 0 Å². The van der Waals surface area contributed by atoms with E-state index in [4.69, 9.17) is 0 Å². The Morgan fingerprint density at radius 3 is 2.48 bits per heavy atom. The summed E-state index contributed by atoms with van der Waals surface area (Å²) in [6.45, 7) is 2.07. The molecule has 29 heavy (non-hydrogen) atoms. The van der Waals surface area contributed by atoms with Gasteiger partial charge in [0.25, 0.3) is 5.91 Å². The quantitative estimate of drug-likeness (QED) is 0.579. The van der Waals surface area contributed by atoms with Crippen molar-refractivity contribution in [1.82, 2.24) is 15.2 Å². The highest BCUT2D eigenvalue weighted by Gasteiger charge is 2.26. The molecule has 0 radical (unpaired) electrons. The molecule has 1 heterocycles. The van der Waals surface area contributed by atoms with Crippen LogP contribution in [0.1, 0.15) is 18.1 Å². The topological polar surface area (TPSA) is 82.3 Å². The lowest BCUT2D eigenvalue weighted by Crippen LogP contribution is -2.48. The van der Waals surface area contributed by atoms with Crippen LogP contribution >= 0.6 is 0 Å². The third-order valence-corrected chi connectivity index (χ3v) is 5.10. The van der Waals surface area contributed by atoms with E-state index in [9.17, 15) is 14.4 Å². The van der Waals surface area contributed by atoms with E-state index in [0.717, 1.165) is 22.0 Å². The van der Waals surface area contributed by atoms with Crippen LogP contribution in [0, 0.1) is 0 Å². The van der Waals surface area contributed by atoms with E-state index in [1.165, 1.54) is 11.9 Å². The van der Waals surface area contributed by atoms with E-state index < -0.39 is 17.7 Å². The van der Waals surface area contributed by atoms with Crippen LogP contribution in [0.25, 0.3) is 10.9 Å². The molecule has 150 valence electrons. The largest absolute Gasteiger partial charge is 0.361 e. The van der Waals surface area contributed by atoms with Crippen molar-refractivity contribution in [3.8, 4) is 0 Å². The van der Waals surface area contributed by atoms with Gasteiger partial charge in [-0.3, -0.25) is 14.4 Å². The summed E-state index contributed by atoms with van der Waals surface area (Å²) in [5, 5.41) is 3.98. The van der Waals surface area contributed by atoms with Crippen molar-refractivity contribution >= 4 is 28.5 Å². The average Bonchev–Trinajstić information content (AvgIpc) is 3.16. The number of nitrogens with zero attached hydrogens (tertiary/aromatic N) is 1. The number of ketones is 1. The summed E-state index contributed by atoms with van der Waals surface area (Å²) >= 11 is 0. The number of hydrogen-bond acceptors (Lipinski definition) is 3. The van der Waals surface area contributed by atoms with Crippen molar-refractivity contribution in [1.29, 1.82) is 0 Å². The molecule has 0 spiro atoms. The zero-order chi connectivity index (χ0) is 20.8. The fraction of sp³-hybridized carbons (Fsp3) is 0.261. The van der Waals surface area contributed by atoms with Crippen LogP contribution in [0.5, 0.6) is 0 Å². The van der Waals surface area contributed by atoms with E-state index in [2.05, 4.69) is 10.3 Å². The standard InChI is InChI=1S/C23H25N3O3/c1-16(26(2)23(29)21(27)14-17-8-4-3-5-9-17)22(28)24-13-12-18-15-25-20-11-7-6-10-19(18)20/h3-11,15-16,25H,12-14H2,1-2H3,(H,24,28)/t16-/m0/s1. The Labute approximate surface area is 169 Å². The van der Waals surface area contributed by atoms with Crippen molar-refractivity contribution in [3.05, 3.63) is 71.9 Å². The number of benzene rings is 2. The summed E-state index contributed by atoms with van der Waals surface area (Å²) < 4.78 is 0. The first kappa shape index (κ1) is 20.3. The molecule has 0 unspecified atom stereocenters. The van der Waals surface area contributed by atoms with Crippen LogP contribution in [-0.2, 0) is 27.2 Å². The van der Waals surface area contributed by atoms with Gasteiger partial charge in [-0.05, 0) is 30.5 Å². The van der Waals surface area contributed by atoms with Gasteiger partial charge in [0.05, 0.1) is 0 Å². The number of aromatic nitrogens is 1. The molecule has 0 bridgehead atoms. The Bertz CT molecular complexity index is 1010. The molecule has 2 N–H and O–H groups in total. The predicted octanol–water partition coefficient (Wildman–Crippen LogP) is 2.49. The van der Waals surface area contributed by atoms with E-state index in [-0.39, 0.29) is 12.3 Å². The van der Waals surface area contributed by atoms with Crippen molar-refractivity contribution in [2.45, 2.75) is 25.8 Å². The second kappa shape index (κ2) is 9.19. The number of nitrogens with one attached hydrogen (secondary N) is 2. The maximum absolute atomic E-state index is 12.4. The van der Waals surface area contributed by atoms with Crippen molar-refractivity contribution in [2.75, 3.05) is 13.6 Å². The van der Waals surface area contributed by atoms with Crippen molar-refractivity contribution in [2.24, 2.45) is 0 Å². The highest BCUT2D eigenvalue weighted by atomic mass is 16.2. The molecule has 1 aromatic heterocycles. The molecule has 6 nitrogen and oxygen atoms in total. The van der Waals surface area contributed by atoms with E-state index in [1.54, 1.807) is 19.1 Å². The first-order valence-corrected chi connectivity index (χ1v) is 9.64. The van der Waals surface area contributed by atoms with Gasteiger partial charge in [-0.1, -0.05) is 48.5 Å². The van der Waals surface area contributed by atoms with E-state index >= 15 is 0 Å². The SMILES string of the molecule is C[C@@H](C(=O)NCCc1c[nH]c2ccccc12)N(C)C(=O)C(=O)Cc1ccccc1. The maximum atomic E-state index is 12.4. The van der Waals surface area contributed by atoms with Gasteiger partial charge in [0, 0.05) is 37.1 Å². The first-order chi connectivity index (χ1) is 14.0. The van der Waals surface area contributed by atoms with Crippen LogP contribution in [0.4, 0.5) is 0 Å². The average molecular weight is 391 g/mol. The summed E-state index contributed by atoms with van der Waals surface area (Å²) in [7, 11) is 1.48. The first-order valence-electron chi connectivity index (χ1n) is 9.64. The number of likely N-dealkylation sites (N-methyl/N-ethyl adjacent to an activating group) is 1. The van der Waals surface area contributed by atoms with Gasteiger partial charge in [0.15, 0.2) is 0 Å². The van der Waals surface area contributed by atoms with Gasteiger partial charge in [0.1, 0.15) is 6.04 Å². The number of carbonyl (C=O) groups excluding carboxylic acids is 3. The van der Waals surface area contributed by atoms with Crippen LogP contribution in [-0.4, -0.2) is 47.1 Å². The highest BCUT2D eigenvalue weighted by Crippen LogP contribution is 2.17. The number of para-hydroxylation sites is 1. The van der Waals surface area contributed by atoms with Gasteiger partial charge < -0.3 is 15.2 Å². The molecule has 2 aromatic carbocycles.